The van der Waals surface area contributed by atoms with Gasteiger partial charge in [-0.1, -0.05) is 36.4 Å². The van der Waals surface area contributed by atoms with Crippen molar-refractivity contribution in [2.24, 2.45) is 5.92 Å². The van der Waals surface area contributed by atoms with Gasteiger partial charge in [0.25, 0.3) is 0 Å². The Morgan fingerprint density at radius 3 is 1.79 bits per heavy atom. The Kier molecular flexibility index (Phi) is 4.39. The lowest BCUT2D eigenvalue weighted by Gasteiger charge is -2.10. The molecule has 0 fully saturated rings. The molecule has 0 radical (unpaired) electrons. The second kappa shape index (κ2) is 6.34. The van der Waals surface area contributed by atoms with E-state index in [4.69, 9.17) is 0 Å². The van der Waals surface area contributed by atoms with Crippen LogP contribution in [0.5, 0.6) is 0 Å². The number of benzene rings is 2. The van der Waals surface area contributed by atoms with Crippen LogP contribution in [-0.4, -0.2) is 26.4 Å². The van der Waals surface area contributed by atoms with E-state index < -0.39 is 9.84 Å². The van der Waals surface area contributed by atoms with E-state index in [0.29, 0.717) is 0 Å². The Bertz CT molecular complexity index is 908. The van der Waals surface area contributed by atoms with E-state index in [9.17, 15) is 17.9 Å². The molecule has 0 saturated heterocycles. The van der Waals surface area contributed by atoms with Gasteiger partial charge in [0, 0.05) is 12.2 Å². The molecule has 0 aromatic heterocycles. The quantitative estimate of drug-likeness (QED) is 0.926. The number of sulfone groups is 1. The van der Waals surface area contributed by atoms with Crippen molar-refractivity contribution in [3.8, 4) is 0 Å². The number of halogens is 1. The van der Waals surface area contributed by atoms with Crippen molar-refractivity contribution in [3.05, 3.63) is 77.6 Å². The van der Waals surface area contributed by atoms with Crippen molar-refractivity contribution in [3.63, 3.8) is 0 Å². The monoisotopic (exact) mass is 344 g/mol. The van der Waals surface area contributed by atoms with E-state index in [1.807, 2.05) is 12.2 Å². The molecular formula is C19H17FO3S. The normalized spacial score (nSPS) is 17.5. The second-order valence-electron chi connectivity index (χ2n) is 5.81. The minimum absolute atomic E-state index is 0.0182. The van der Waals surface area contributed by atoms with Crippen LogP contribution in [0, 0.1) is 11.7 Å². The number of allylic oxidation sites excluding steroid dienone is 2. The highest BCUT2D eigenvalue weighted by Gasteiger charge is 2.20. The number of aliphatic hydroxyl groups excluding tert-OH is 1. The summed E-state index contributed by atoms with van der Waals surface area (Å²) in [4.78, 5) is 0.260. The zero-order chi connectivity index (χ0) is 17.3. The van der Waals surface area contributed by atoms with Gasteiger partial charge in [0.1, 0.15) is 5.82 Å². The highest BCUT2D eigenvalue weighted by Crippen LogP contribution is 2.38. The van der Waals surface area contributed by atoms with Gasteiger partial charge in [-0.05, 0) is 46.5 Å². The molecule has 0 spiro atoms. The summed E-state index contributed by atoms with van der Waals surface area (Å²) >= 11 is 0. The van der Waals surface area contributed by atoms with Crippen LogP contribution in [0.25, 0.3) is 11.1 Å². The molecule has 1 atom stereocenters. The van der Waals surface area contributed by atoms with Gasteiger partial charge in [-0.2, -0.15) is 0 Å². The van der Waals surface area contributed by atoms with Crippen molar-refractivity contribution in [2.75, 3.05) is 12.9 Å². The zero-order valence-corrected chi connectivity index (χ0v) is 13.9. The standard InChI is InChI=1S/C19H17FO3S/c1-24(22,23)17-8-4-15(5-9-17)19-11-13(12-21)10-18(19)14-2-6-16(20)7-3-14/h2-11,13,21H,12H2,1H3. The van der Waals surface area contributed by atoms with Gasteiger partial charge in [0.2, 0.25) is 0 Å². The Hall–Kier alpha value is -2.24. The van der Waals surface area contributed by atoms with Crippen LogP contribution in [0.2, 0.25) is 0 Å². The molecule has 0 aliphatic heterocycles. The maximum absolute atomic E-state index is 13.2. The van der Waals surface area contributed by atoms with E-state index in [2.05, 4.69) is 0 Å². The van der Waals surface area contributed by atoms with Gasteiger partial charge in [-0.25, -0.2) is 12.8 Å². The number of hydrogen-bond donors (Lipinski definition) is 1. The first kappa shape index (κ1) is 16.6. The third-order valence-corrected chi connectivity index (χ3v) is 5.14. The largest absolute Gasteiger partial charge is 0.395 e. The van der Waals surface area contributed by atoms with Gasteiger partial charge >= 0.3 is 0 Å². The van der Waals surface area contributed by atoms with E-state index in [1.54, 1.807) is 36.4 Å². The fourth-order valence-corrected chi connectivity index (χ4v) is 3.41. The molecule has 2 aromatic rings. The van der Waals surface area contributed by atoms with E-state index >= 15 is 0 Å². The van der Waals surface area contributed by atoms with E-state index in [1.165, 1.54) is 18.4 Å². The molecule has 24 heavy (non-hydrogen) atoms. The van der Waals surface area contributed by atoms with Crippen LogP contribution in [0.3, 0.4) is 0 Å². The summed E-state index contributed by atoms with van der Waals surface area (Å²) in [5, 5.41) is 9.46. The molecular weight excluding hydrogens is 327 g/mol. The second-order valence-corrected chi connectivity index (χ2v) is 7.83. The molecule has 1 aliphatic rings. The Balaban J connectivity index is 2.01. The summed E-state index contributed by atoms with van der Waals surface area (Å²) < 4.78 is 36.3. The van der Waals surface area contributed by atoms with E-state index in [-0.39, 0.29) is 23.2 Å². The minimum Gasteiger partial charge on any atom is -0.395 e. The number of rotatable bonds is 4. The molecule has 5 heteroatoms. The smallest absolute Gasteiger partial charge is 0.175 e. The predicted octanol–water partition coefficient (Wildman–Crippen LogP) is 3.32. The van der Waals surface area contributed by atoms with Crippen LogP contribution in [0.1, 0.15) is 11.1 Å². The molecule has 0 amide bonds. The van der Waals surface area contributed by atoms with Crippen molar-refractivity contribution in [2.45, 2.75) is 4.90 Å². The average molecular weight is 344 g/mol. The first-order valence-corrected chi connectivity index (χ1v) is 9.39. The van der Waals surface area contributed by atoms with Gasteiger partial charge in [-0.3, -0.25) is 0 Å². The molecule has 2 aromatic carbocycles. The molecule has 124 valence electrons. The summed E-state index contributed by atoms with van der Waals surface area (Å²) in [5.74, 6) is -0.422. The lowest BCUT2D eigenvalue weighted by Crippen LogP contribution is -1.97. The Labute approximate surface area is 140 Å². The van der Waals surface area contributed by atoms with E-state index in [0.717, 1.165) is 22.3 Å². The third kappa shape index (κ3) is 3.32. The first-order valence-electron chi connectivity index (χ1n) is 7.50. The molecule has 1 N–H and O–H groups in total. The molecule has 1 unspecified atom stereocenters. The predicted molar refractivity (Wildman–Crippen MR) is 92.5 cm³/mol. The topological polar surface area (TPSA) is 54.4 Å². The zero-order valence-electron chi connectivity index (χ0n) is 13.1. The van der Waals surface area contributed by atoms with Crippen LogP contribution >= 0.6 is 0 Å². The average Bonchev–Trinajstić information content (AvgIpc) is 2.99. The number of hydrogen-bond acceptors (Lipinski definition) is 3. The lowest BCUT2D eigenvalue weighted by atomic mass is 9.95. The van der Waals surface area contributed by atoms with Gasteiger partial charge < -0.3 is 5.11 Å². The summed E-state index contributed by atoms with van der Waals surface area (Å²) in [6, 6.07) is 12.8. The van der Waals surface area contributed by atoms with Crippen LogP contribution < -0.4 is 0 Å². The third-order valence-electron chi connectivity index (χ3n) is 4.01. The summed E-state index contributed by atoms with van der Waals surface area (Å²) in [5.41, 5.74) is 3.52. The summed E-state index contributed by atoms with van der Waals surface area (Å²) in [7, 11) is -3.24. The molecule has 3 rings (SSSR count). The fourth-order valence-electron chi connectivity index (χ4n) is 2.78. The van der Waals surface area contributed by atoms with Crippen molar-refractivity contribution in [1.29, 1.82) is 0 Å². The Morgan fingerprint density at radius 1 is 0.917 bits per heavy atom. The van der Waals surface area contributed by atoms with Gasteiger partial charge in [-0.15, -0.1) is 0 Å². The maximum Gasteiger partial charge on any atom is 0.175 e. The summed E-state index contributed by atoms with van der Waals surface area (Å²) in [6.45, 7) is -0.0182. The van der Waals surface area contributed by atoms with Crippen molar-refractivity contribution >= 4 is 21.0 Å². The van der Waals surface area contributed by atoms with Crippen molar-refractivity contribution in [1.82, 2.24) is 0 Å². The molecule has 1 aliphatic carbocycles. The lowest BCUT2D eigenvalue weighted by molar-refractivity contribution is 0.275. The minimum atomic E-state index is -3.24. The molecule has 0 saturated carbocycles. The Morgan fingerprint density at radius 2 is 1.38 bits per heavy atom. The molecule has 0 heterocycles. The maximum atomic E-state index is 13.2. The van der Waals surface area contributed by atoms with Crippen LogP contribution in [-0.2, 0) is 9.84 Å². The summed E-state index contributed by atoms with van der Waals surface area (Å²) in [6.07, 6.45) is 5.05. The first-order chi connectivity index (χ1) is 11.4. The highest BCUT2D eigenvalue weighted by atomic mass is 32.2. The van der Waals surface area contributed by atoms with Crippen LogP contribution in [0.4, 0.5) is 4.39 Å². The fraction of sp³-hybridized carbons (Fsp3) is 0.158. The van der Waals surface area contributed by atoms with Gasteiger partial charge in [0.05, 0.1) is 11.5 Å². The highest BCUT2D eigenvalue weighted by molar-refractivity contribution is 7.90. The molecule has 3 nitrogen and oxygen atoms in total. The van der Waals surface area contributed by atoms with Crippen LogP contribution in [0.15, 0.2) is 65.6 Å². The number of aliphatic hydroxyl groups is 1. The van der Waals surface area contributed by atoms with Gasteiger partial charge in [0.15, 0.2) is 9.84 Å². The molecule has 0 bridgehead atoms. The SMILES string of the molecule is CS(=O)(=O)c1ccc(C2=CC(CO)C=C2c2ccc(F)cc2)cc1. The van der Waals surface area contributed by atoms with Crippen molar-refractivity contribution < 1.29 is 17.9 Å².